The second-order valence-electron chi connectivity index (χ2n) is 7.02. The first-order chi connectivity index (χ1) is 11.7. The van der Waals surface area contributed by atoms with Gasteiger partial charge in [-0.1, -0.05) is 19.8 Å². The van der Waals surface area contributed by atoms with Crippen LogP contribution >= 0.6 is 0 Å². The van der Waals surface area contributed by atoms with Crippen LogP contribution in [0.2, 0.25) is 0 Å². The second-order valence-corrected chi connectivity index (χ2v) is 7.02. The molecule has 0 aromatic heterocycles. The van der Waals surface area contributed by atoms with E-state index >= 15 is 0 Å². The molecule has 0 saturated heterocycles. The maximum atomic E-state index is 13.1. The Morgan fingerprint density at radius 1 is 0.920 bits per heavy atom. The Labute approximate surface area is 152 Å². The molecule has 0 unspecified atom stereocenters. The molecular weight excluding hydrogens is 320 g/mol. The van der Waals surface area contributed by atoms with Gasteiger partial charge in [-0.15, -0.1) is 0 Å². The first kappa shape index (κ1) is 23.4. The van der Waals surface area contributed by atoms with Crippen LogP contribution in [0.1, 0.15) is 80.1 Å². The number of carbonyl (C=O) groups is 3. The maximum Gasteiger partial charge on any atom is 0.303 e. The molecule has 25 heavy (non-hydrogen) atoms. The predicted octanol–water partition coefficient (Wildman–Crippen LogP) is 3.29. The lowest BCUT2D eigenvalue weighted by atomic mass is 10.0. The molecule has 0 aliphatic heterocycles. The van der Waals surface area contributed by atoms with Crippen molar-refractivity contribution in [2.45, 2.75) is 98.2 Å². The fourth-order valence-corrected chi connectivity index (χ4v) is 3.19. The summed E-state index contributed by atoms with van der Waals surface area (Å²) in [6, 6.07) is -0.720. The molecule has 6 nitrogen and oxygen atoms in total. The normalized spacial score (nSPS) is 12.3. The number of unbranched alkanes of at least 4 members (excludes halogenated alkanes) is 2. The van der Waals surface area contributed by atoms with Gasteiger partial charge in [-0.3, -0.25) is 14.4 Å². The van der Waals surface area contributed by atoms with Crippen LogP contribution in [0.5, 0.6) is 0 Å². The van der Waals surface area contributed by atoms with E-state index in [2.05, 4.69) is 6.92 Å². The molecule has 0 aliphatic rings. The van der Waals surface area contributed by atoms with Crippen LogP contribution in [0.3, 0.4) is 0 Å². The fourth-order valence-electron chi connectivity index (χ4n) is 3.19. The van der Waals surface area contributed by atoms with E-state index in [1.54, 1.807) is 9.80 Å². The highest BCUT2D eigenvalue weighted by molar-refractivity contribution is 5.88. The number of carboxylic acids is 1. The summed E-state index contributed by atoms with van der Waals surface area (Å²) in [6.45, 7) is 12.1. The molecule has 0 saturated carbocycles. The van der Waals surface area contributed by atoms with Gasteiger partial charge in [0.2, 0.25) is 11.8 Å². The molecule has 0 spiro atoms. The molecule has 0 rings (SSSR count). The Kier molecular flexibility index (Phi) is 11.1. The van der Waals surface area contributed by atoms with Crippen LogP contribution in [0.25, 0.3) is 0 Å². The van der Waals surface area contributed by atoms with Gasteiger partial charge in [0.15, 0.2) is 0 Å². The molecule has 1 N–H and O–H groups in total. The summed E-state index contributed by atoms with van der Waals surface area (Å²) >= 11 is 0. The quantitative estimate of drug-likeness (QED) is 0.544. The summed E-state index contributed by atoms with van der Waals surface area (Å²) in [5.41, 5.74) is 0. The summed E-state index contributed by atoms with van der Waals surface area (Å²) < 4.78 is 0. The molecule has 0 aliphatic carbocycles. The van der Waals surface area contributed by atoms with Crippen LogP contribution in [0.4, 0.5) is 0 Å². The number of aliphatic carboxylic acids is 1. The van der Waals surface area contributed by atoms with E-state index in [0.717, 1.165) is 19.3 Å². The molecule has 6 heteroatoms. The van der Waals surface area contributed by atoms with Crippen molar-refractivity contribution in [3.63, 3.8) is 0 Å². The zero-order valence-electron chi connectivity index (χ0n) is 16.7. The Morgan fingerprint density at radius 2 is 1.48 bits per heavy atom. The van der Waals surface area contributed by atoms with Crippen molar-refractivity contribution in [3.05, 3.63) is 0 Å². The lowest BCUT2D eigenvalue weighted by Crippen LogP contribution is -2.54. The van der Waals surface area contributed by atoms with Crippen molar-refractivity contribution >= 4 is 17.8 Å². The molecule has 1 atom stereocenters. The van der Waals surface area contributed by atoms with Crippen molar-refractivity contribution in [1.29, 1.82) is 0 Å². The highest BCUT2D eigenvalue weighted by Gasteiger charge is 2.34. The summed E-state index contributed by atoms with van der Waals surface area (Å²) in [7, 11) is 0. The zero-order chi connectivity index (χ0) is 19.6. The molecular formula is C19H36N2O4. The highest BCUT2D eigenvalue weighted by Crippen LogP contribution is 2.17. The van der Waals surface area contributed by atoms with Gasteiger partial charge in [0, 0.05) is 31.5 Å². The molecule has 0 fully saturated rings. The molecule has 0 aromatic carbocycles. The third-order valence-corrected chi connectivity index (χ3v) is 4.32. The van der Waals surface area contributed by atoms with Crippen molar-refractivity contribution in [2.24, 2.45) is 0 Å². The van der Waals surface area contributed by atoms with E-state index < -0.39 is 12.0 Å². The fraction of sp³-hybridized carbons (Fsp3) is 0.842. The first-order valence-electron chi connectivity index (χ1n) is 9.50. The molecule has 0 radical (unpaired) electrons. The minimum Gasteiger partial charge on any atom is -0.481 e. The third-order valence-electron chi connectivity index (χ3n) is 4.32. The monoisotopic (exact) mass is 356 g/mol. The minimum atomic E-state index is -0.951. The van der Waals surface area contributed by atoms with Gasteiger partial charge in [0.25, 0.3) is 0 Å². The van der Waals surface area contributed by atoms with Gasteiger partial charge in [-0.05, 0) is 47.5 Å². The van der Waals surface area contributed by atoms with Crippen molar-refractivity contribution in [1.82, 2.24) is 9.80 Å². The van der Waals surface area contributed by atoms with Crippen molar-refractivity contribution in [2.75, 3.05) is 6.54 Å². The topological polar surface area (TPSA) is 77.9 Å². The SMILES string of the molecule is CCCCCC(=O)N(CC)[C@@H](CCC(=O)O)C(=O)N(C(C)C)C(C)C. The van der Waals surface area contributed by atoms with Crippen molar-refractivity contribution < 1.29 is 19.5 Å². The molecule has 2 amide bonds. The van der Waals surface area contributed by atoms with E-state index in [-0.39, 0.29) is 36.7 Å². The van der Waals surface area contributed by atoms with E-state index in [4.69, 9.17) is 5.11 Å². The van der Waals surface area contributed by atoms with Gasteiger partial charge >= 0.3 is 5.97 Å². The molecule has 0 heterocycles. The number of likely N-dealkylation sites (N-methyl/N-ethyl adjacent to an activating group) is 1. The standard InChI is InChI=1S/C19H36N2O4/c1-7-9-10-11-17(22)20(8-2)16(12-13-18(23)24)19(25)21(14(3)4)15(5)6/h14-16H,7-13H2,1-6H3,(H,23,24)/t16-/m0/s1. The Bertz CT molecular complexity index is 427. The maximum absolute atomic E-state index is 13.1. The number of nitrogens with zero attached hydrogens (tertiary/aromatic N) is 2. The molecule has 146 valence electrons. The van der Waals surface area contributed by atoms with Crippen LogP contribution in [0, 0.1) is 0 Å². The van der Waals surface area contributed by atoms with E-state index in [0.29, 0.717) is 13.0 Å². The lowest BCUT2D eigenvalue weighted by molar-refractivity contribution is -0.149. The lowest BCUT2D eigenvalue weighted by Gasteiger charge is -2.38. The van der Waals surface area contributed by atoms with Gasteiger partial charge in [0.1, 0.15) is 6.04 Å². The Hall–Kier alpha value is -1.59. The number of hydrogen-bond donors (Lipinski definition) is 1. The average Bonchev–Trinajstić information content (AvgIpc) is 2.50. The van der Waals surface area contributed by atoms with Crippen LogP contribution in [-0.4, -0.2) is 57.4 Å². The van der Waals surface area contributed by atoms with Gasteiger partial charge in [-0.25, -0.2) is 0 Å². The number of hydrogen-bond acceptors (Lipinski definition) is 3. The minimum absolute atomic E-state index is 0.00581. The third kappa shape index (κ3) is 7.88. The summed E-state index contributed by atoms with van der Waals surface area (Å²) in [6.07, 6.45) is 3.22. The smallest absolute Gasteiger partial charge is 0.303 e. The van der Waals surface area contributed by atoms with Gasteiger partial charge < -0.3 is 14.9 Å². The summed E-state index contributed by atoms with van der Waals surface area (Å²) in [4.78, 5) is 40.1. The van der Waals surface area contributed by atoms with Crippen LogP contribution in [-0.2, 0) is 14.4 Å². The summed E-state index contributed by atoms with van der Waals surface area (Å²) in [5.74, 6) is -1.17. The van der Waals surface area contributed by atoms with Gasteiger partial charge in [-0.2, -0.15) is 0 Å². The Balaban J connectivity index is 5.43. The number of carbonyl (C=O) groups excluding carboxylic acids is 2. The van der Waals surface area contributed by atoms with E-state index in [9.17, 15) is 14.4 Å². The number of carboxylic acid groups (broad SMARTS) is 1. The van der Waals surface area contributed by atoms with E-state index in [1.165, 1.54) is 0 Å². The van der Waals surface area contributed by atoms with Crippen LogP contribution in [0.15, 0.2) is 0 Å². The van der Waals surface area contributed by atoms with Gasteiger partial charge in [0.05, 0.1) is 0 Å². The molecule has 0 bridgehead atoms. The predicted molar refractivity (Wildman–Crippen MR) is 99.3 cm³/mol. The number of rotatable bonds is 12. The van der Waals surface area contributed by atoms with Crippen LogP contribution < -0.4 is 0 Å². The average molecular weight is 357 g/mol. The largest absolute Gasteiger partial charge is 0.481 e. The second kappa shape index (κ2) is 11.9. The van der Waals surface area contributed by atoms with E-state index in [1.807, 2.05) is 34.6 Å². The Morgan fingerprint density at radius 3 is 1.88 bits per heavy atom. The molecule has 0 aromatic rings. The first-order valence-corrected chi connectivity index (χ1v) is 9.50. The summed E-state index contributed by atoms with van der Waals surface area (Å²) in [5, 5.41) is 9.04. The van der Waals surface area contributed by atoms with Crippen molar-refractivity contribution in [3.8, 4) is 0 Å². The zero-order valence-corrected chi connectivity index (χ0v) is 16.7. The number of amides is 2. The highest BCUT2D eigenvalue weighted by atomic mass is 16.4.